The molecule has 0 saturated heterocycles. The molecule has 0 amide bonds. The first-order valence-electron chi connectivity index (χ1n) is 5.81. The van der Waals surface area contributed by atoms with Crippen LogP contribution in [0.25, 0.3) is 11.4 Å². The number of aliphatic carboxylic acids is 1. The first kappa shape index (κ1) is 13.6. The Hall–Kier alpha value is -1.82. The minimum absolute atomic E-state index is 0.395. The molecular weight excluding hydrogens is 264 g/mol. The predicted molar refractivity (Wildman–Crippen MR) is 72.9 cm³/mol. The van der Waals surface area contributed by atoms with Crippen LogP contribution in [0.1, 0.15) is 18.4 Å². The summed E-state index contributed by atoms with van der Waals surface area (Å²) >= 11 is 1.25. The predicted octanol–water partition coefficient (Wildman–Crippen LogP) is 2.75. The summed E-state index contributed by atoms with van der Waals surface area (Å²) in [5.41, 5.74) is 2.00. The van der Waals surface area contributed by atoms with E-state index in [9.17, 15) is 4.79 Å². The van der Waals surface area contributed by atoms with Gasteiger partial charge in [0, 0.05) is 5.56 Å². The van der Waals surface area contributed by atoms with E-state index < -0.39 is 11.2 Å². The number of nitrogens with zero attached hydrogens (tertiary/aromatic N) is 2. The number of aryl methyl sites for hydroxylation is 1. The molecule has 2 rings (SSSR count). The van der Waals surface area contributed by atoms with E-state index in [0.29, 0.717) is 17.5 Å². The maximum atomic E-state index is 10.7. The normalized spacial score (nSPS) is 12.3. The Bertz CT molecular complexity index is 583. The Kier molecular flexibility index (Phi) is 4.21. The van der Waals surface area contributed by atoms with E-state index in [-0.39, 0.29) is 0 Å². The Balaban J connectivity index is 2.08. The molecule has 0 aliphatic carbocycles. The zero-order chi connectivity index (χ0) is 13.8. The number of carboxylic acids is 1. The maximum Gasteiger partial charge on any atom is 0.316 e. The topological polar surface area (TPSA) is 76.2 Å². The third-order valence-corrected chi connectivity index (χ3v) is 3.77. The highest BCUT2D eigenvalue weighted by molar-refractivity contribution is 7.99. The number of hydrogen-bond donors (Lipinski definition) is 1. The second-order valence-corrected chi connectivity index (χ2v) is 5.45. The molecule has 0 fully saturated rings. The number of aromatic nitrogens is 2. The minimum Gasteiger partial charge on any atom is -0.480 e. The first-order chi connectivity index (χ1) is 9.08. The van der Waals surface area contributed by atoms with Crippen molar-refractivity contribution in [1.82, 2.24) is 10.1 Å². The highest BCUT2D eigenvalue weighted by atomic mass is 32.2. The van der Waals surface area contributed by atoms with Crippen molar-refractivity contribution < 1.29 is 14.4 Å². The average Bonchev–Trinajstić information content (AvgIpc) is 2.85. The van der Waals surface area contributed by atoms with Gasteiger partial charge in [0.15, 0.2) is 0 Å². The summed E-state index contributed by atoms with van der Waals surface area (Å²) in [4.78, 5) is 15.0. The Morgan fingerprint density at radius 2 is 2.21 bits per heavy atom. The number of thioether (sulfide) groups is 1. The van der Waals surface area contributed by atoms with Crippen LogP contribution in [0.5, 0.6) is 0 Å². The fraction of sp³-hybridized carbons (Fsp3) is 0.308. The molecule has 6 heteroatoms. The van der Waals surface area contributed by atoms with E-state index >= 15 is 0 Å². The van der Waals surface area contributed by atoms with Gasteiger partial charge in [-0.05, 0) is 19.4 Å². The molecule has 1 aromatic carbocycles. The summed E-state index contributed by atoms with van der Waals surface area (Å²) in [6, 6.07) is 7.77. The van der Waals surface area contributed by atoms with E-state index in [1.165, 1.54) is 11.8 Å². The molecule has 0 aliphatic heterocycles. The van der Waals surface area contributed by atoms with Crippen molar-refractivity contribution in [2.24, 2.45) is 0 Å². The van der Waals surface area contributed by atoms with Crippen molar-refractivity contribution in [1.29, 1.82) is 0 Å². The summed E-state index contributed by atoms with van der Waals surface area (Å²) < 4.78 is 5.13. The molecule has 1 atom stereocenters. The zero-order valence-electron chi connectivity index (χ0n) is 10.7. The lowest BCUT2D eigenvalue weighted by Crippen LogP contribution is -2.11. The molecule has 100 valence electrons. The van der Waals surface area contributed by atoms with Gasteiger partial charge in [-0.2, -0.15) is 4.98 Å². The van der Waals surface area contributed by atoms with Crippen LogP contribution in [0.3, 0.4) is 0 Å². The van der Waals surface area contributed by atoms with Crippen molar-refractivity contribution in [2.75, 3.05) is 0 Å². The van der Waals surface area contributed by atoms with Crippen LogP contribution >= 0.6 is 11.8 Å². The van der Waals surface area contributed by atoms with Crippen LogP contribution in [-0.4, -0.2) is 26.5 Å². The van der Waals surface area contributed by atoms with Gasteiger partial charge in [0.25, 0.3) is 0 Å². The highest BCUT2D eigenvalue weighted by Crippen LogP contribution is 2.22. The summed E-state index contributed by atoms with van der Waals surface area (Å²) in [6.45, 7) is 3.61. The van der Waals surface area contributed by atoms with Crippen molar-refractivity contribution in [3.8, 4) is 11.4 Å². The first-order valence-corrected chi connectivity index (χ1v) is 6.86. The molecule has 0 radical (unpaired) electrons. The second kappa shape index (κ2) is 5.88. The lowest BCUT2D eigenvalue weighted by atomic mass is 10.1. The fourth-order valence-electron chi connectivity index (χ4n) is 1.51. The van der Waals surface area contributed by atoms with Gasteiger partial charge in [-0.25, -0.2) is 0 Å². The van der Waals surface area contributed by atoms with Crippen LogP contribution in [0, 0.1) is 6.92 Å². The summed E-state index contributed by atoms with van der Waals surface area (Å²) in [5.74, 6) is 0.531. The van der Waals surface area contributed by atoms with Crippen molar-refractivity contribution in [3.63, 3.8) is 0 Å². The minimum atomic E-state index is -0.844. The van der Waals surface area contributed by atoms with Gasteiger partial charge in [0.1, 0.15) is 0 Å². The van der Waals surface area contributed by atoms with Gasteiger partial charge in [-0.15, -0.1) is 11.8 Å². The van der Waals surface area contributed by atoms with Crippen molar-refractivity contribution in [3.05, 3.63) is 35.7 Å². The quantitative estimate of drug-likeness (QED) is 0.906. The fourth-order valence-corrected chi connectivity index (χ4v) is 2.17. The number of rotatable bonds is 5. The summed E-state index contributed by atoms with van der Waals surface area (Å²) in [7, 11) is 0. The molecule has 1 heterocycles. The van der Waals surface area contributed by atoms with Gasteiger partial charge in [0.2, 0.25) is 11.7 Å². The Morgan fingerprint density at radius 1 is 1.47 bits per heavy atom. The third-order valence-electron chi connectivity index (χ3n) is 2.66. The Morgan fingerprint density at radius 3 is 2.89 bits per heavy atom. The van der Waals surface area contributed by atoms with Gasteiger partial charge in [-0.1, -0.05) is 29.4 Å². The van der Waals surface area contributed by atoms with Crippen LogP contribution < -0.4 is 0 Å². The molecule has 5 nitrogen and oxygen atoms in total. The van der Waals surface area contributed by atoms with E-state index in [1.54, 1.807) is 6.92 Å². The smallest absolute Gasteiger partial charge is 0.316 e. The molecule has 2 aromatic rings. The molecule has 1 N–H and O–H groups in total. The molecule has 0 bridgehead atoms. The van der Waals surface area contributed by atoms with Crippen LogP contribution in [0.4, 0.5) is 0 Å². The largest absolute Gasteiger partial charge is 0.480 e. The lowest BCUT2D eigenvalue weighted by molar-refractivity contribution is -0.136. The molecule has 0 aliphatic rings. The highest BCUT2D eigenvalue weighted by Gasteiger charge is 2.15. The number of hydrogen-bond acceptors (Lipinski definition) is 5. The van der Waals surface area contributed by atoms with E-state index in [4.69, 9.17) is 9.63 Å². The number of carboxylic acid groups (broad SMARTS) is 1. The van der Waals surface area contributed by atoms with Gasteiger partial charge in [-0.3, -0.25) is 4.79 Å². The summed E-state index contributed by atoms with van der Waals surface area (Å²) in [5, 5.41) is 12.2. The molecule has 0 saturated carbocycles. The second-order valence-electron chi connectivity index (χ2n) is 4.12. The van der Waals surface area contributed by atoms with E-state index in [2.05, 4.69) is 10.1 Å². The van der Waals surface area contributed by atoms with Crippen molar-refractivity contribution >= 4 is 17.7 Å². The molecule has 19 heavy (non-hydrogen) atoms. The van der Waals surface area contributed by atoms with Gasteiger partial charge in [0.05, 0.1) is 11.0 Å². The molecular formula is C13H14N2O3S. The van der Waals surface area contributed by atoms with Crippen LogP contribution in [0.2, 0.25) is 0 Å². The van der Waals surface area contributed by atoms with Gasteiger partial charge < -0.3 is 9.63 Å². The maximum absolute atomic E-state index is 10.7. The Labute approximate surface area is 115 Å². The van der Waals surface area contributed by atoms with Crippen molar-refractivity contribution in [2.45, 2.75) is 24.9 Å². The van der Waals surface area contributed by atoms with E-state index in [0.717, 1.165) is 11.1 Å². The number of benzene rings is 1. The lowest BCUT2D eigenvalue weighted by Gasteiger charge is -2.01. The monoisotopic (exact) mass is 278 g/mol. The van der Waals surface area contributed by atoms with Gasteiger partial charge >= 0.3 is 5.97 Å². The standard InChI is InChI=1S/C13H14N2O3S/c1-8-5-3-4-6-10(8)12-14-11(18-15-12)7-19-9(2)13(16)17/h3-6,9H,7H2,1-2H3,(H,16,17). The number of carbonyl (C=O) groups is 1. The summed E-state index contributed by atoms with van der Waals surface area (Å²) in [6.07, 6.45) is 0. The van der Waals surface area contributed by atoms with Crippen LogP contribution in [-0.2, 0) is 10.5 Å². The average molecular weight is 278 g/mol. The third kappa shape index (κ3) is 3.35. The molecule has 1 unspecified atom stereocenters. The zero-order valence-corrected chi connectivity index (χ0v) is 11.5. The van der Waals surface area contributed by atoms with E-state index in [1.807, 2.05) is 31.2 Å². The molecule has 1 aromatic heterocycles. The SMILES string of the molecule is Cc1ccccc1-c1noc(CSC(C)C(=O)O)n1. The van der Waals surface area contributed by atoms with Crippen LogP contribution in [0.15, 0.2) is 28.8 Å². The molecule has 0 spiro atoms.